The van der Waals surface area contributed by atoms with E-state index in [4.69, 9.17) is 0 Å². The zero-order valence-corrected chi connectivity index (χ0v) is 18.4. The average Bonchev–Trinajstić information content (AvgIpc) is 1.96. The van der Waals surface area contributed by atoms with Crippen LogP contribution in [-0.2, 0) is 0 Å². The summed E-state index contributed by atoms with van der Waals surface area (Å²) in [7, 11) is -2.60. The smallest absolute Gasteiger partial charge is 0.173 e. The largest absolute Gasteiger partial charge is 0.359 e. The number of rotatable bonds is 6. The Morgan fingerprint density at radius 2 is 0.706 bits per heavy atom. The van der Waals surface area contributed by atoms with Gasteiger partial charge in [0.25, 0.3) is 0 Å². The van der Waals surface area contributed by atoms with Gasteiger partial charge < -0.3 is 7.79 Å². The predicted molar refractivity (Wildman–Crippen MR) is 91.1 cm³/mol. The minimum absolute atomic E-state index is 0.309. The number of nitrogens with zero attached hydrogens (tertiary/aromatic N) is 2. The van der Waals surface area contributed by atoms with E-state index in [1.807, 2.05) is 0 Å². The van der Waals surface area contributed by atoms with Crippen molar-refractivity contribution >= 4 is 44.2 Å². The second kappa shape index (κ2) is 6.97. The van der Waals surface area contributed by atoms with Gasteiger partial charge in [-0.3, -0.25) is 0 Å². The Hall–Kier alpha value is 1.00. The van der Waals surface area contributed by atoms with Gasteiger partial charge in [0.1, 0.15) is 35.8 Å². The van der Waals surface area contributed by atoms with Gasteiger partial charge in [-0.25, -0.2) is 0 Å². The van der Waals surface area contributed by atoms with E-state index in [0.29, 0.717) is 0 Å². The summed E-state index contributed by atoms with van der Waals surface area (Å²) in [4.78, 5) is 0. The molecule has 0 amide bonds. The van der Waals surface area contributed by atoms with Gasteiger partial charge in [0, 0.05) is 0 Å². The molecule has 0 N–H and O–H groups in total. The maximum absolute atomic E-state index is 3.00. The predicted octanol–water partition coefficient (Wildman–Crippen LogP) is 3.30. The van der Waals surface area contributed by atoms with Crippen molar-refractivity contribution in [3.8, 4) is 0 Å². The van der Waals surface area contributed by atoms with Crippen molar-refractivity contribution in [3.05, 3.63) is 0 Å². The van der Waals surface area contributed by atoms with E-state index in [0.717, 1.165) is 0 Å². The summed E-state index contributed by atoms with van der Waals surface area (Å²) in [5.74, 6) is 0. The van der Waals surface area contributed by atoms with Gasteiger partial charge in [0.05, 0.1) is 0 Å². The van der Waals surface area contributed by atoms with E-state index in [1.165, 1.54) is 0 Å². The molecule has 0 aliphatic rings. The van der Waals surface area contributed by atoms with Crippen molar-refractivity contribution < 1.29 is 0 Å². The molecule has 0 aromatic heterocycles. The van der Waals surface area contributed by atoms with Crippen molar-refractivity contribution in [1.82, 2.24) is 7.79 Å². The molecule has 2 nitrogen and oxygen atoms in total. The standard InChI is InChI=1S/C10H30N2Si5/c1-13(2)11(14(3)4)17(9,10)12(15(5)6)16(7)8/h1-10H3. The molecular weight excluding hydrogens is 289 g/mol. The zero-order valence-electron chi connectivity index (χ0n) is 13.4. The molecule has 4 radical (unpaired) electrons. The SMILES string of the molecule is C[Si](C)N([Si](C)C)[Si](C)(C)N([Si](C)C)[Si](C)C. The molecule has 0 aromatic rings. The van der Waals surface area contributed by atoms with Crippen LogP contribution >= 0.6 is 0 Å². The molecule has 0 aliphatic heterocycles. The Kier molecular flexibility index (Phi) is 7.38. The molecular formula is C10H30N2Si5. The quantitative estimate of drug-likeness (QED) is 0.693. The fourth-order valence-electron chi connectivity index (χ4n) is 3.18. The third-order valence-corrected chi connectivity index (χ3v) is 25.9. The molecule has 0 atom stereocenters. The van der Waals surface area contributed by atoms with Crippen molar-refractivity contribution in [2.45, 2.75) is 65.5 Å². The first-order valence-electron chi connectivity index (χ1n) is 6.34. The first-order chi connectivity index (χ1) is 7.53. The summed E-state index contributed by atoms with van der Waals surface area (Å²) in [5.41, 5.74) is 0. The van der Waals surface area contributed by atoms with Crippen LogP contribution in [0.3, 0.4) is 0 Å². The fraction of sp³-hybridized carbons (Fsp3) is 1.00. The third kappa shape index (κ3) is 4.55. The van der Waals surface area contributed by atoms with E-state index in [1.54, 1.807) is 0 Å². The summed E-state index contributed by atoms with van der Waals surface area (Å²) >= 11 is 0. The molecule has 0 aromatic carbocycles. The van der Waals surface area contributed by atoms with Gasteiger partial charge in [-0.2, -0.15) is 0 Å². The highest BCUT2D eigenvalue weighted by atomic mass is 28.5. The monoisotopic (exact) mass is 318 g/mol. The van der Waals surface area contributed by atoms with Gasteiger partial charge >= 0.3 is 0 Å². The molecule has 0 rings (SSSR count). The Morgan fingerprint density at radius 1 is 0.529 bits per heavy atom. The molecule has 0 saturated carbocycles. The summed E-state index contributed by atoms with van der Waals surface area (Å²) in [5, 5.41) is 0. The van der Waals surface area contributed by atoms with Crippen LogP contribution in [0.5, 0.6) is 0 Å². The van der Waals surface area contributed by atoms with E-state index in [2.05, 4.69) is 73.3 Å². The second-order valence-electron chi connectivity index (χ2n) is 5.95. The first-order valence-corrected chi connectivity index (χ1v) is 19.0. The van der Waals surface area contributed by atoms with Gasteiger partial charge in [0.15, 0.2) is 8.40 Å². The van der Waals surface area contributed by atoms with Crippen molar-refractivity contribution in [3.63, 3.8) is 0 Å². The van der Waals surface area contributed by atoms with Crippen LogP contribution in [0.1, 0.15) is 0 Å². The Morgan fingerprint density at radius 3 is 0.824 bits per heavy atom. The molecule has 0 bridgehead atoms. The highest BCUT2D eigenvalue weighted by Gasteiger charge is 2.42. The number of hydrogen-bond acceptors (Lipinski definition) is 2. The fourth-order valence-corrected chi connectivity index (χ4v) is 30.4. The van der Waals surface area contributed by atoms with Crippen LogP contribution in [0.4, 0.5) is 0 Å². The molecule has 0 fully saturated rings. The molecule has 0 aliphatic carbocycles. The van der Waals surface area contributed by atoms with E-state index in [-0.39, 0.29) is 35.8 Å². The minimum Gasteiger partial charge on any atom is -0.359 e. The van der Waals surface area contributed by atoms with E-state index < -0.39 is 8.40 Å². The van der Waals surface area contributed by atoms with Gasteiger partial charge in [0.2, 0.25) is 0 Å². The second-order valence-corrected chi connectivity index (χ2v) is 21.9. The van der Waals surface area contributed by atoms with Crippen LogP contribution in [0.15, 0.2) is 0 Å². The lowest BCUT2D eigenvalue weighted by Crippen LogP contribution is -2.72. The molecule has 0 spiro atoms. The summed E-state index contributed by atoms with van der Waals surface area (Å²) in [6.07, 6.45) is 0. The lowest BCUT2D eigenvalue weighted by atomic mass is 11.9. The maximum atomic E-state index is 3.00. The van der Waals surface area contributed by atoms with E-state index in [9.17, 15) is 0 Å². The first kappa shape index (κ1) is 18.0. The molecule has 7 heteroatoms. The Bertz CT molecular complexity index is 193. The van der Waals surface area contributed by atoms with Crippen LogP contribution in [-0.4, -0.2) is 52.0 Å². The summed E-state index contributed by atoms with van der Waals surface area (Å²) in [6.45, 7) is 25.0. The summed E-state index contributed by atoms with van der Waals surface area (Å²) in [6, 6.07) is 0. The van der Waals surface area contributed by atoms with Crippen molar-refractivity contribution in [2.24, 2.45) is 0 Å². The van der Waals surface area contributed by atoms with Crippen LogP contribution in [0, 0.1) is 0 Å². The lowest BCUT2D eigenvalue weighted by molar-refractivity contribution is 0.811. The topological polar surface area (TPSA) is 6.48 Å². The highest BCUT2D eigenvalue weighted by molar-refractivity contribution is 7.00. The molecule has 17 heavy (non-hydrogen) atoms. The Labute approximate surface area is 117 Å². The van der Waals surface area contributed by atoms with Crippen molar-refractivity contribution in [1.29, 1.82) is 0 Å². The molecule has 0 saturated heterocycles. The molecule has 0 unspecified atom stereocenters. The Balaban J connectivity index is 5.30. The maximum Gasteiger partial charge on any atom is 0.173 e. The van der Waals surface area contributed by atoms with E-state index >= 15 is 0 Å². The lowest BCUT2D eigenvalue weighted by Gasteiger charge is -2.52. The highest BCUT2D eigenvalue weighted by Crippen LogP contribution is 2.22. The van der Waals surface area contributed by atoms with Gasteiger partial charge in [-0.05, 0) is 13.1 Å². The number of hydrogen-bond donors (Lipinski definition) is 0. The van der Waals surface area contributed by atoms with Crippen LogP contribution < -0.4 is 0 Å². The third-order valence-electron chi connectivity index (χ3n) is 2.88. The van der Waals surface area contributed by atoms with Gasteiger partial charge in [-0.1, -0.05) is 52.4 Å². The van der Waals surface area contributed by atoms with Crippen LogP contribution in [0.2, 0.25) is 65.5 Å². The normalized spacial score (nSPS) is 14.1. The van der Waals surface area contributed by atoms with Gasteiger partial charge in [-0.15, -0.1) is 0 Å². The average molecular weight is 319 g/mol. The molecule has 0 heterocycles. The minimum atomic E-state index is -1.37. The zero-order chi connectivity index (χ0) is 14.0. The summed E-state index contributed by atoms with van der Waals surface area (Å²) < 4.78 is 6.00. The molecule has 100 valence electrons. The van der Waals surface area contributed by atoms with Crippen molar-refractivity contribution in [2.75, 3.05) is 0 Å². The van der Waals surface area contributed by atoms with Crippen LogP contribution in [0.25, 0.3) is 0 Å².